The Morgan fingerprint density at radius 2 is 1.58 bits per heavy atom. The minimum atomic E-state index is -3.67. The van der Waals surface area contributed by atoms with Crippen molar-refractivity contribution in [2.24, 2.45) is 0 Å². The molecule has 1 heterocycles. The van der Waals surface area contributed by atoms with E-state index in [2.05, 4.69) is 5.32 Å². The lowest BCUT2D eigenvalue weighted by molar-refractivity contribution is 0.588. The molecule has 0 saturated carbocycles. The van der Waals surface area contributed by atoms with Crippen LogP contribution in [0.5, 0.6) is 0 Å². The second-order valence-corrected chi connectivity index (χ2v) is 7.95. The fraction of sp³-hybridized carbons (Fsp3) is 0.200. The first-order valence-corrected chi connectivity index (χ1v) is 9.62. The van der Waals surface area contributed by atoms with E-state index in [0.29, 0.717) is 17.1 Å². The molecule has 0 aliphatic rings. The van der Waals surface area contributed by atoms with Crippen molar-refractivity contribution in [1.82, 2.24) is 9.29 Å². The van der Waals surface area contributed by atoms with Crippen LogP contribution in [-0.4, -0.2) is 19.4 Å². The van der Waals surface area contributed by atoms with Gasteiger partial charge in [0.15, 0.2) is 0 Å². The summed E-state index contributed by atoms with van der Waals surface area (Å²) in [7, 11) is -1.81. The lowest BCUT2D eigenvalue weighted by atomic mass is 10.1. The molecule has 3 aromatic rings. The topological polar surface area (TPSA) is 51.1 Å². The number of nitrogens with one attached hydrogen (secondary N) is 1. The molecule has 3 rings (SSSR count). The summed E-state index contributed by atoms with van der Waals surface area (Å²) in [6.45, 7) is 4.52. The Kier molecular flexibility index (Phi) is 6.29. The maximum absolute atomic E-state index is 13.3. The Morgan fingerprint density at radius 1 is 0.962 bits per heavy atom. The van der Waals surface area contributed by atoms with E-state index in [0.717, 1.165) is 22.3 Å². The lowest BCUT2D eigenvalue weighted by Crippen LogP contribution is -2.13. The number of nitrogens with zero attached hydrogens (tertiary/aromatic N) is 1. The molecule has 138 valence electrons. The zero-order valence-electron chi connectivity index (χ0n) is 15.1. The third kappa shape index (κ3) is 3.70. The van der Waals surface area contributed by atoms with Crippen molar-refractivity contribution < 1.29 is 8.42 Å². The van der Waals surface area contributed by atoms with Crippen molar-refractivity contribution in [3.63, 3.8) is 0 Å². The Labute approximate surface area is 161 Å². The van der Waals surface area contributed by atoms with Gasteiger partial charge in [-0.25, -0.2) is 12.4 Å². The van der Waals surface area contributed by atoms with Crippen LogP contribution in [0.25, 0.3) is 11.3 Å². The maximum Gasteiger partial charge on any atom is 0.268 e. The average Bonchev–Trinajstić information content (AvgIpc) is 2.94. The van der Waals surface area contributed by atoms with E-state index in [1.807, 2.05) is 63.4 Å². The van der Waals surface area contributed by atoms with Gasteiger partial charge in [-0.15, -0.1) is 12.4 Å². The molecule has 0 fully saturated rings. The molecule has 6 heteroatoms. The number of benzene rings is 2. The van der Waals surface area contributed by atoms with E-state index in [1.165, 1.54) is 3.97 Å². The van der Waals surface area contributed by atoms with Crippen LogP contribution in [0.1, 0.15) is 16.7 Å². The molecule has 0 amide bonds. The molecule has 2 aromatic carbocycles. The van der Waals surface area contributed by atoms with Crippen molar-refractivity contribution in [2.75, 3.05) is 7.05 Å². The van der Waals surface area contributed by atoms with Gasteiger partial charge in [0, 0.05) is 12.7 Å². The van der Waals surface area contributed by atoms with Crippen molar-refractivity contribution in [3.8, 4) is 11.3 Å². The zero-order valence-corrected chi connectivity index (χ0v) is 16.7. The molecule has 26 heavy (non-hydrogen) atoms. The summed E-state index contributed by atoms with van der Waals surface area (Å²) in [5.74, 6) is 0. The van der Waals surface area contributed by atoms with Crippen molar-refractivity contribution in [3.05, 3.63) is 77.5 Å². The summed E-state index contributed by atoms with van der Waals surface area (Å²) in [4.78, 5) is 0.293. The molecule has 1 N–H and O–H groups in total. The molecule has 4 nitrogen and oxygen atoms in total. The highest BCUT2D eigenvalue weighted by Crippen LogP contribution is 2.31. The Bertz CT molecular complexity index is 979. The van der Waals surface area contributed by atoms with Crippen LogP contribution in [0.4, 0.5) is 0 Å². The predicted molar refractivity (Wildman–Crippen MR) is 108 cm³/mol. The SMILES string of the molecule is CNCc1cn(S(=O)(=O)c2ccc(C)cc2)c(-c2ccccc2)c1C.Cl. The fourth-order valence-corrected chi connectivity index (χ4v) is 4.40. The van der Waals surface area contributed by atoms with Gasteiger partial charge in [0.05, 0.1) is 10.6 Å². The standard InChI is InChI=1S/C20H22N2O2S.ClH/c1-15-9-11-19(12-10-15)25(23,24)22-14-18(13-21-3)16(2)20(22)17-7-5-4-6-8-17;/h4-12,14,21H,13H2,1-3H3;1H. The molecular formula is C20H23ClN2O2S. The van der Waals surface area contributed by atoms with Crippen molar-refractivity contribution in [1.29, 1.82) is 0 Å². The highest BCUT2D eigenvalue weighted by molar-refractivity contribution is 7.90. The molecular weight excluding hydrogens is 368 g/mol. The van der Waals surface area contributed by atoms with Crippen LogP contribution in [0.3, 0.4) is 0 Å². The molecule has 1 aromatic heterocycles. The molecule has 0 unspecified atom stereocenters. The van der Waals surface area contributed by atoms with E-state index in [9.17, 15) is 8.42 Å². The maximum atomic E-state index is 13.3. The molecule has 0 aliphatic heterocycles. The number of hydrogen-bond donors (Lipinski definition) is 1. The van der Waals surface area contributed by atoms with Gasteiger partial charge in [-0.3, -0.25) is 0 Å². The summed E-state index contributed by atoms with van der Waals surface area (Å²) in [5.41, 5.74) is 4.57. The summed E-state index contributed by atoms with van der Waals surface area (Å²) in [6, 6.07) is 16.6. The van der Waals surface area contributed by atoms with E-state index in [-0.39, 0.29) is 12.4 Å². The highest BCUT2D eigenvalue weighted by Gasteiger charge is 2.24. The number of rotatable bonds is 5. The number of aryl methyl sites for hydroxylation is 1. The van der Waals surface area contributed by atoms with E-state index in [4.69, 9.17) is 0 Å². The van der Waals surface area contributed by atoms with Crippen molar-refractivity contribution >= 4 is 22.4 Å². The Hall–Kier alpha value is -2.08. The van der Waals surface area contributed by atoms with Crippen LogP contribution in [0, 0.1) is 13.8 Å². The summed E-state index contributed by atoms with van der Waals surface area (Å²) in [5, 5.41) is 3.11. The molecule has 0 saturated heterocycles. The summed E-state index contributed by atoms with van der Waals surface area (Å²) < 4.78 is 27.9. The van der Waals surface area contributed by atoms with Crippen LogP contribution in [-0.2, 0) is 16.6 Å². The first kappa shape index (κ1) is 20.2. The van der Waals surface area contributed by atoms with Gasteiger partial charge in [-0.2, -0.15) is 0 Å². The Balaban J connectivity index is 0.00000243. The minimum Gasteiger partial charge on any atom is -0.316 e. The van der Waals surface area contributed by atoms with E-state index in [1.54, 1.807) is 18.3 Å². The van der Waals surface area contributed by atoms with Crippen LogP contribution >= 0.6 is 12.4 Å². The van der Waals surface area contributed by atoms with Gasteiger partial charge in [0.25, 0.3) is 10.0 Å². The third-order valence-corrected chi connectivity index (χ3v) is 6.00. The second kappa shape index (κ2) is 8.08. The summed E-state index contributed by atoms with van der Waals surface area (Å²) in [6.07, 6.45) is 1.73. The lowest BCUT2D eigenvalue weighted by Gasteiger charge is -2.12. The fourth-order valence-electron chi connectivity index (χ4n) is 2.94. The first-order valence-electron chi connectivity index (χ1n) is 8.18. The molecule has 0 bridgehead atoms. The number of halogens is 1. The Morgan fingerprint density at radius 3 is 2.15 bits per heavy atom. The van der Waals surface area contributed by atoms with Crippen molar-refractivity contribution in [2.45, 2.75) is 25.3 Å². The van der Waals surface area contributed by atoms with Gasteiger partial charge < -0.3 is 5.32 Å². The minimum absolute atomic E-state index is 0. The summed E-state index contributed by atoms with van der Waals surface area (Å²) >= 11 is 0. The van der Waals surface area contributed by atoms with Gasteiger partial charge >= 0.3 is 0 Å². The normalized spacial score (nSPS) is 11.2. The average molecular weight is 391 g/mol. The number of aromatic nitrogens is 1. The first-order chi connectivity index (χ1) is 11.9. The molecule has 0 radical (unpaired) electrons. The quantitative estimate of drug-likeness (QED) is 0.712. The van der Waals surface area contributed by atoms with Crippen LogP contribution in [0.2, 0.25) is 0 Å². The van der Waals surface area contributed by atoms with Crippen LogP contribution < -0.4 is 5.32 Å². The smallest absolute Gasteiger partial charge is 0.268 e. The van der Waals surface area contributed by atoms with E-state index >= 15 is 0 Å². The van der Waals surface area contributed by atoms with Gasteiger partial charge in [0.1, 0.15) is 0 Å². The predicted octanol–water partition coefficient (Wildman–Crippen LogP) is 4.15. The van der Waals surface area contributed by atoms with Gasteiger partial charge in [0.2, 0.25) is 0 Å². The molecule has 0 atom stereocenters. The second-order valence-electron chi connectivity index (χ2n) is 6.14. The van der Waals surface area contributed by atoms with E-state index < -0.39 is 10.0 Å². The molecule has 0 aliphatic carbocycles. The number of hydrogen-bond acceptors (Lipinski definition) is 3. The van der Waals surface area contributed by atoms with Gasteiger partial charge in [-0.05, 0) is 49.7 Å². The van der Waals surface area contributed by atoms with Crippen LogP contribution in [0.15, 0.2) is 65.7 Å². The largest absolute Gasteiger partial charge is 0.316 e. The molecule has 0 spiro atoms. The highest BCUT2D eigenvalue weighted by atomic mass is 35.5. The van der Waals surface area contributed by atoms with Gasteiger partial charge in [-0.1, -0.05) is 48.0 Å². The third-order valence-electron chi connectivity index (χ3n) is 4.32. The monoisotopic (exact) mass is 390 g/mol. The zero-order chi connectivity index (χ0) is 18.0.